The zero-order chi connectivity index (χ0) is 11.0. The summed E-state index contributed by atoms with van der Waals surface area (Å²) in [5.41, 5.74) is 0.480. The third-order valence-corrected chi connectivity index (χ3v) is 1.96. The van der Waals surface area contributed by atoms with Crippen LogP contribution in [0.2, 0.25) is 0 Å². The Balaban J connectivity index is 2.62. The Kier molecular flexibility index (Phi) is 1.89. The number of nitrogens with zero attached hydrogens (tertiary/aromatic N) is 2. The Morgan fingerprint density at radius 3 is 2.60 bits per heavy atom. The number of hydrogen-bond acceptors (Lipinski definition) is 3. The fourth-order valence-corrected chi connectivity index (χ4v) is 1.25. The van der Waals surface area contributed by atoms with Gasteiger partial charge in [-0.15, -0.1) is 0 Å². The van der Waals surface area contributed by atoms with Gasteiger partial charge in [0.05, 0.1) is 11.1 Å². The van der Waals surface area contributed by atoms with Gasteiger partial charge < -0.3 is 10.2 Å². The summed E-state index contributed by atoms with van der Waals surface area (Å²) in [5, 5.41) is 17.9. The predicted octanol–water partition coefficient (Wildman–Crippen LogP) is 1.26. The highest BCUT2D eigenvalue weighted by Gasteiger charge is 2.08. The Hall–Kier alpha value is -2.37. The van der Waals surface area contributed by atoms with Crippen molar-refractivity contribution in [1.29, 1.82) is 0 Å². The van der Waals surface area contributed by atoms with Crippen molar-refractivity contribution >= 4 is 23.0 Å². The second kappa shape index (κ2) is 3.09. The Labute approximate surface area is 83.4 Å². The number of carbonyl (C=O) groups is 2. The van der Waals surface area contributed by atoms with Gasteiger partial charge in [0.2, 0.25) is 0 Å². The van der Waals surface area contributed by atoms with Gasteiger partial charge in [0.1, 0.15) is 0 Å². The maximum atomic E-state index is 10.6. The number of fused-ring (bicyclic) bond motifs is 1. The normalized spacial score (nSPS) is 10.4. The third-order valence-electron chi connectivity index (χ3n) is 1.96. The van der Waals surface area contributed by atoms with E-state index >= 15 is 0 Å². The van der Waals surface area contributed by atoms with E-state index in [4.69, 9.17) is 10.2 Å². The molecule has 0 aromatic carbocycles. The van der Waals surface area contributed by atoms with E-state index in [2.05, 4.69) is 4.98 Å². The monoisotopic (exact) mass is 206 g/mol. The van der Waals surface area contributed by atoms with Crippen LogP contribution in [-0.4, -0.2) is 31.8 Å². The van der Waals surface area contributed by atoms with E-state index in [-0.39, 0.29) is 5.56 Å². The van der Waals surface area contributed by atoms with E-state index in [1.54, 1.807) is 0 Å². The Morgan fingerprint density at radius 2 is 2.00 bits per heavy atom. The molecule has 0 aliphatic rings. The number of pyridine rings is 1. The SMILES string of the molecule is O=C(O)c1cnc2cn(C(=O)O)cc2c1. The number of carboxylic acids is 1. The highest BCUT2D eigenvalue weighted by atomic mass is 16.4. The molecule has 0 radical (unpaired) electrons. The fourth-order valence-electron chi connectivity index (χ4n) is 1.25. The summed E-state index contributed by atoms with van der Waals surface area (Å²) >= 11 is 0. The zero-order valence-electron chi connectivity index (χ0n) is 7.41. The van der Waals surface area contributed by atoms with Crippen molar-refractivity contribution in [2.45, 2.75) is 0 Å². The van der Waals surface area contributed by atoms with Crippen LogP contribution in [0.15, 0.2) is 24.7 Å². The molecule has 15 heavy (non-hydrogen) atoms. The first-order chi connectivity index (χ1) is 7.08. The van der Waals surface area contributed by atoms with Crippen molar-refractivity contribution in [2.75, 3.05) is 0 Å². The van der Waals surface area contributed by atoms with Gasteiger partial charge in [-0.3, -0.25) is 9.55 Å². The van der Waals surface area contributed by atoms with Crippen LogP contribution in [0.5, 0.6) is 0 Å². The van der Waals surface area contributed by atoms with E-state index in [0.29, 0.717) is 10.9 Å². The number of hydrogen-bond donors (Lipinski definition) is 2. The van der Waals surface area contributed by atoms with Crippen LogP contribution < -0.4 is 0 Å². The molecule has 0 saturated heterocycles. The van der Waals surface area contributed by atoms with Crippen LogP contribution in [0, 0.1) is 0 Å². The summed E-state index contributed by atoms with van der Waals surface area (Å²) in [5.74, 6) is -1.09. The van der Waals surface area contributed by atoms with Gasteiger partial charge in [0.25, 0.3) is 0 Å². The number of aromatic nitrogens is 2. The van der Waals surface area contributed by atoms with Crippen LogP contribution in [0.1, 0.15) is 10.4 Å². The molecule has 0 unspecified atom stereocenters. The number of aromatic carboxylic acids is 1. The predicted molar refractivity (Wildman–Crippen MR) is 50.1 cm³/mol. The smallest absolute Gasteiger partial charge is 0.415 e. The van der Waals surface area contributed by atoms with Crippen LogP contribution in [-0.2, 0) is 0 Å². The molecule has 0 aliphatic heterocycles. The molecule has 0 aliphatic carbocycles. The lowest BCUT2D eigenvalue weighted by Crippen LogP contribution is -2.03. The minimum absolute atomic E-state index is 0.0330. The largest absolute Gasteiger partial charge is 0.478 e. The summed E-state index contributed by atoms with van der Waals surface area (Å²) < 4.78 is 0.934. The topological polar surface area (TPSA) is 92.4 Å². The second-order valence-corrected chi connectivity index (χ2v) is 2.95. The molecule has 2 aromatic rings. The van der Waals surface area contributed by atoms with Crippen molar-refractivity contribution in [3.8, 4) is 0 Å². The summed E-state index contributed by atoms with van der Waals surface area (Å²) in [6, 6.07) is 1.38. The van der Waals surface area contributed by atoms with E-state index in [1.807, 2.05) is 0 Å². The highest BCUT2D eigenvalue weighted by molar-refractivity contribution is 5.93. The minimum Gasteiger partial charge on any atom is -0.478 e. The standard InChI is InChI=1S/C9H6N2O4/c12-8(13)5-1-6-3-11(9(14)15)4-7(6)10-2-5/h1-4H,(H,12,13)(H,14,15). The minimum atomic E-state index is -1.13. The molecule has 0 amide bonds. The Bertz CT molecular complexity index is 546. The quantitative estimate of drug-likeness (QED) is 0.732. The van der Waals surface area contributed by atoms with Crippen LogP contribution in [0.25, 0.3) is 10.9 Å². The molecule has 6 nitrogen and oxygen atoms in total. The van der Waals surface area contributed by atoms with E-state index < -0.39 is 12.1 Å². The summed E-state index contributed by atoms with van der Waals surface area (Å²) in [6.45, 7) is 0. The lowest BCUT2D eigenvalue weighted by atomic mass is 10.2. The first kappa shape index (κ1) is 9.20. The van der Waals surface area contributed by atoms with Gasteiger partial charge in [-0.2, -0.15) is 0 Å². The van der Waals surface area contributed by atoms with Gasteiger partial charge in [-0.1, -0.05) is 0 Å². The highest BCUT2D eigenvalue weighted by Crippen LogP contribution is 2.14. The van der Waals surface area contributed by atoms with E-state index in [9.17, 15) is 9.59 Å². The van der Waals surface area contributed by atoms with Crippen molar-refractivity contribution in [3.63, 3.8) is 0 Å². The van der Waals surface area contributed by atoms with Gasteiger partial charge in [-0.25, -0.2) is 9.59 Å². The molecule has 2 aromatic heterocycles. The molecule has 2 rings (SSSR count). The molecular formula is C9H6N2O4. The van der Waals surface area contributed by atoms with Crippen molar-refractivity contribution in [3.05, 3.63) is 30.2 Å². The van der Waals surface area contributed by atoms with Gasteiger partial charge in [0.15, 0.2) is 0 Å². The molecule has 2 N–H and O–H groups in total. The molecular weight excluding hydrogens is 200 g/mol. The zero-order valence-corrected chi connectivity index (χ0v) is 7.41. The van der Waals surface area contributed by atoms with Crippen LogP contribution in [0.3, 0.4) is 0 Å². The number of carboxylic acid groups (broad SMARTS) is 2. The lowest BCUT2D eigenvalue weighted by molar-refractivity contribution is 0.0696. The van der Waals surface area contributed by atoms with Crippen molar-refractivity contribution in [1.82, 2.24) is 9.55 Å². The maximum absolute atomic E-state index is 10.6. The Morgan fingerprint density at radius 1 is 1.27 bits per heavy atom. The summed E-state index contributed by atoms with van der Waals surface area (Å²) in [6.07, 6.45) is 2.70. The molecule has 0 saturated carbocycles. The summed E-state index contributed by atoms with van der Waals surface area (Å²) in [4.78, 5) is 25.1. The first-order valence-electron chi connectivity index (χ1n) is 4.02. The fraction of sp³-hybridized carbons (Fsp3) is 0. The molecule has 0 atom stereocenters. The van der Waals surface area contributed by atoms with Crippen LogP contribution >= 0.6 is 0 Å². The first-order valence-corrected chi connectivity index (χ1v) is 4.02. The average Bonchev–Trinajstić information content (AvgIpc) is 2.59. The molecule has 2 heterocycles. The maximum Gasteiger partial charge on any atom is 0.415 e. The molecule has 0 bridgehead atoms. The third kappa shape index (κ3) is 1.52. The lowest BCUT2D eigenvalue weighted by Gasteiger charge is -1.92. The molecule has 0 spiro atoms. The van der Waals surface area contributed by atoms with Gasteiger partial charge in [0, 0.05) is 24.0 Å². The van der Waals surface area contributed by atoms with Gasteiger partial charge >= 0.3 is 12.1 Å². The molecule has 6 heteroatoms. The number of rotatable bonds is 1. The molecule has 76 valence electrons. The second-order valence-electron chi connectivity index (χ2n) is 2.95. The van der Waals surface area contributed by atoms with Crippen molar-refractivity contribution < 1.29 is 19.8 Å². The average molecular weight is 206 g/mol. The van der Waals surface area contributed by atoms with E-state index in [0.717, 1.165) is 4.57 Å². The van der Waals surface area contributed by atoms with Crippen LogP contribution in [0.4, 0.5) is 4.79 Å². The summed E-state index contributed by atoms with van der Waals surface area (Å²) in [7, 11) is 0. The van der Waals surface area contributed by atoms with Gasteiger partial charge in [-0.05, 0) is 6.07 Å². The molecule has 0 fully saturated rings. The van der Waals surface area contributed by atoms with Crippen molar-refractivity contribution in [2.24, 2.45) is 0 Å². The van der Waals surface area contributed by atoms with E-state index in [1.165, 1.54) is 24.7 Å².